The van der Waals surface area contributed by atoms with Crippen LogP contribution in [0.5, 0.6) is 0 Å². The summed E-state index contributed by atoms with van der Waals surface area (Å²) in [6.07, 6.45) is 0. The molecule has 1 aromatic rings. The molecule has 2 heteroatoms. The highest BCUT2D eigenvalue weighted by Crippen LogP contribution is 2.15. The second-order valence-corrected chi connectivity index (χ2v) is 4.02. The molecule has 0 radical (unpaired) electrons. The normalized spacial score (nSPS) is 11.8. The number of nitrogens with one attached hydrogen (secondary N) is 1. The molecule has 0 aromatic heterocycles. The van der Waals surface area contributed by atoms with Gasteiger partial charge in [-0.15, -0.1) is 5.92 Å². The molecule has 0 amide bonds. The quantitative estimate of drug-likeness (QED) is 0.755. The van der Waals surface area contributed by atoms with E-state index in [0.29, 0.717) is 13.1 Å². The molecule has 0 aliphatic carbocycles. The first-order chi connectivity index (χ1) is 7.67. The summed E-state index contributed by atoms with van der Waals surface area (Å²) in [4.78, 5) is 0. The summed E-state index contributed by atoms with van der Waals surface area (Å²) in [5.41, 5.74) is 9.57. The molecule has 86 valence electrons. The molecule has 1 rings (SSSR count). The van der Waals surface area contributed by atoms with Crippen LogP contribution in [0.25, 0.3) is 0 Å². The third-order valence-corrected chi connectivity index (χ3v) is 2.50. The molecule has 0 saturated carbocycles. The number of aryl methyl sites for hydroxylation is 2. The van der Waals surface area contributed by atoms with Crippen molar-refractivity contribution in [3.63, 3.8) is 0 Å². The molecule has 0 saturated heterocycles. The highest BCUT2D eigenvalue weighted by atomic mass is 14.9. The van der Waals surface area contributed by atoms with Crippen molar-refractivity contribution < 1.29 is 0 Å². The van der Waals surface area contributed by atoms with Crippen LogP contribution in [0.4, 0.5) is 0 Å². The number of nitrogens with two attached hydrogens (primary N) is 1. The molecule has 0 heterocycles. The Bertz CT molecular complexity index is 379. The molecule has 0 fully saturated rings. The predicted octanol–water partition coefficient (Wildman–Crippen LogP) is 1.92. The van der Waals surface area contributed by atoms with Gasteiger partial charge in [-0.1, -0.05) is 35.2 Å². The van der Waals surface area contributed by atoms with Crippen molar-refractivity contribution in [2.45, 2.75) is 26.8 Å². The summed E-state index contributed by atoms with van der Waals surface area (Å²) in [5, 5.41) is 3.34. The zero-order valence-electron chi connectivity index (χ0n) is 10.3. The van der Waals surface area contributed by atoms with Gasteiger partial charge in [-0.2, -0.15) is 0 Å². The highest BCUT2D eigenvalue weighted by Gasteiger charge is 2.08. The Morgan fingerprint density at radius 1 is 1.25 bits per heavy atom. The molecule has 3 N–H and O–H groups in total. The second kappa shape index (κ2) is 6.32. The van der Waals surface area contributed by atoms with Crippen LogP contribution in [0, 0.1) is 25.7 Å². The van der Waals surface area contributed by atoms with Crippen molar-refractivity contribution in [1.82, 2.24) is 5.32 Å². The van der Waals surface area contributed by atoms with Gasteiger partial charge in [0.25, 0.3) is 0 Å². The lowest BCUT2D eigenvalue weighted by atomic mass is 10.0. The van der Waals surface area contributed by atoms with Crippen LogP contribution in [0.2, 0.25) is 0 Å². The molecule has 0 aliphatic rings. The Labute approximate surface area is 98.2 Å². The van der Waals surface area contributed by atoms with E-state index in [1.54, 1.807) is 0 Å². The van der Waals surface area contributed by atoms with Crippen molar-refractivity contribution in [3.05, 3.63) is 34.9 Å². The summed E-state index contributed by atoms with van der Waals surface area (Å²) in [5.74, 6) is 5.86. The van der Waals surface area contributed by atoms with Crippen LogP contribution in [0.15, 0.2) is 18.2 Å². The van der Waals surface area contributed by atoms with E-state index in [2.05, 4.69) is 49.2 Å². The van der Waals surface area contributed by atoms with Gasteiger partial charge in [0.2, 0.25) is 0 Å². The second-order valence-electron chi connectivity index (χ2n) is 4.02. The monoisotopic (exact) mass is 216 g/mol. The predicted molar refractivity (Wildman–Crippen MR) is 69.2 cm³/mol. The Hall–Kier alpha value is -1.30. The minimum Gasteiger partial charge on any atom is -0.329 e. The van der Waals surface area contributed by atoms with E-state index in [4.69, 9.17) is 5.73 Å². The van der Waals surface area contributed by atoms with Gasteiger partial charge in [0.15, 0.2) is 0 Å². The lowest BCUT2D eigenvalue weighted by Crippen LogP contribution is -2.28. The Kier molecular flexibility index (Phi) is 5.04. The van der Waals surface area contributed by atoms with Crippen molar-refractivity contribution in [1.29, 1.82) is 0 Å². The molecule has 16 heavy (non-hydrogen) atoms. The molecular formula is C14H20N2. The van der Waals surface area contributed by atoms with Crippen LogP contribution in [-0.4, -0.2) is 13.1 Å². The highest BCUT2D eigenvalue weighted by molar-refractivity contribution is 5.31. The molecule has 0 aliphatic heterocycles. The van der Waals surface area contributed by atoms with Crippen LogP contribution < -0.4 is 11.1 Å². The van der Waals surface area contributed by atoms with E-state index >= 15 is 0 Å². The molecular weight excluding hydrogens is 196 g/mol. The van der Waals surface area contributed by atoms with E-state index in [-0.39, 0.29) is 6.04 Å². The summed E-state index contributed by atoms with van der Waals surface area (Å²) < 4.78 is 0. The maximum atomic E-state index is 5.78. The van der Waals surface area contributed by atoms with Crippen LogP contribution in [-0.2, 0) is 0 Å². The van der Waals surface area contributed by atoms with Crippen LogP contribution in [0.1, 0.15) is 29.7 Å². The maximum Gasteiger partial charge on any atom is 0.0581 e. The largest absolute Gasteiger partial charge is 0.329 e. The summed E-state index contributed by atoms with van der Waals surface area (Å²) >= 11 is 0. The van der Waals surface area contributed by atoms with Gasteiger partial charge in [-0.3, -0.25) is 5.32 Å². The van der Waals surface area contributed by atoms with Gasteiger partial charge < -0.3 is 5.73 Å². The van der Waals surface area contributed by atoms with Gasteiger partial charge in [-0.25, -0.2) is 0 Å². The molecule has 1 atom stereocenters. The summed E-state index contributed by atoms with van der Waals surface area (Å²) in [7, 11) is 0. The average Bonchev–Trinajstić information content (AvgIpc) is 2.23. The van der Waals surface area contributed by atoms with Gasteiger partial charge >= 0.3 is 0 Å². The fourth-order valence-electron chi connectivity index (χ4n) is 1.81. The summed E-state index contributed by atoms with van der Waals surface area (Å²) in [6.45, 7) is 7.33. The number of benzene rings is 1. The summed E-state index contributed by atoms with van der Waals surface area (Å²) in [6, 6.07) is 6.72. The zero-order chi connectivity index (χ0) is 12.0. The van der Waals surface area contributed by atoms with E-state index in [1.165, 1.54) is 16.7 Å². The molecule has 0 bridgehead atoms. The zero-order valence-corrected chi connectivity index (χ0v) is 10.3. The van der Waals surface area contributed by atoms with E-state index < -0.39 is 0 Å². The number of hydrogen-bond acceptors (Lipinski definition) is 2. The fraction of sp³-hybridized carbons (Fsp3) is 0.429. The van der Waals surface area contributed by atoms with E-state index in [1.807, 2.05) is 6.92 Å². The first-order valence-electron chi connectivity index (χ1n) is 5.58. The first-order valence-corrected chi connectivity index (χ1v) is 5.58. The minimum absolute atomic E-state index is 0.194. The maximum absolute atomic E-state index is 5.78. The Morgan fingerprint density at radius 3 is 2.38 bits per heavy atom. The molecule has 2 nitrogen and oxygen atoms in total. The third kappa shape index (κ3) is 3.69. The fourth-order valence-corrected chi connectivity index (χ4v) is 1.81. The number of hydrogen-bond donors (Lipinski definition) is 2. The van der Waals surface area contributed by atoms with Crippen molar-refractivity contribution >= 4 is 0 Å². The SMILES string of the molecule is CC#CCNC(CN)c1cc(C)cc(C)c1. The smallest absolute Gasteiger partial charge is 0.0581 e. The average molecular weight is 216 g/mol. The topological polar surface area (TPSA) is 38.0 Å². The van der Waals surface area contributed by atoms with Crippen LogP contribution >= 0.6 is 0 Å². The Morgan fingerprint density at radius 2 is 1.88 bits per heavy atom. The van der Waals surface area contributed by atoms with Crippen molar-refractivity contribution in [3.8, 4) is 11.8 Å². The van der Waals surface area contributed by atoms with Crippen molar-refractivity contribution in [2.75, 3.05) is 13.1 Å². The lowest BCUT2D eigenvalue weighted by molar-refractivity contribution is 0.581. The minimum atomic E-state index is 0.194. The molecule has 1 aromatic carbocycles. The van der Waals surface area contributed by atoms with Gasteiger partial charge in [0.1, 0.15) is 0 Å². The standard InChI is InChI=1S/C14H20N2/c1-4-5-6-16-14(10-15)13-8-11(2)7-12(3)9-13/h7-9,14,16H,6,10,15H2,1-3H3. The molecule has 0 spiro atoms. The lowest BCUT2D eigenvalue weighted by Gasteiger charge is -2.17. The van der Waals surface area contributed by atoms with Crippen molar-refractivity contribution in [2.24, 2.45) is 5.73 Å². The van der Waals surface area contributed by atoms with Gasteiger partial charge in [0.05, 0.1) is 6.54 Å². The third-order valence-electron chi connectivity index (χ3n) is 2.50. The van der Waals surface area contributed by atoms with Crippen LogP contribution in [0.3, 0.4) is 0 Å². The first kappa shape index (κ1) is 12.8. The van der Waals surface area contributed by atoms with Gasteiger partial charge in [0, 0.05) is 12.6 Å². The van der Waals surface area contributed by atoms with E-state index in [9.17, 15) is 0 Å². The van der Waals surface area contributed by atoms with Gasteiger partial charge in [-0.05, 0) is 26.3 Å². The molecule has 1 unspecified atom stereocenters. The van der Waals surface area contributed by atoms with E-state index in [0.717, 1.165) is 0 Å². The number of rotatable bonds is 4. The Balaban J connectivity index is 2.80.